The second-order valence-electron chi connectivity index (χ2n) is 7.09. The minimum Gasteiger partial charge on any atom is -0.494 e. The van der Waals surface area contributed by atoms with Crippen molar-refractivity contribution in [3.63, 3.8) is 0 Å². The normalized spacial score (nSPS) is 15.0. The third-order valence-electron chi connectivity index (χ3n) is 5.01. The van der Waals surface area contributed by atoms with Crippen LogP contribution in [0.25, 0.3) is 11.1 Å². The summed E-state index contributed by atoms with van der Waals surface area (Å²) in [5, 5.41) is -0.194. The lowest BCUT2D eigenvalue weighted by Crippen LogP contribution is -2.17. The Morgan fingerprint density at radius 1 is 1.03 bits per heavy atom. The number of fused-ring (bicyclic) bond motifs is 6. The molecule has 6 nitrogen and oxygen atoms in total. The molecule has 0 fully saturated rings. The first kappa shape index (κ1) is 22.9. The van der Waals surface area contributed by atoms with Crippen molar-refractivity contribution in [2.45, 2.75) is 11.3 Å². The molecule has 11 heteroatoms. The van der Waals surface area contributed by atoms with Gasteiger partial charge in [-0.15, -0.1) is 0 Å². The highest BCUT2D eigenvalue weighted by Gasteiger charge is 2.27. The largest absolute Gasteiger partial charge is 0.494 e. The summed E-state index contributed by atoms with van der Waals surface area (Å²) < 4.78 is 81.7. The number of anilines is 1. The summed E-state index contributed by atoms with van der Waals surface area (Å²) in [7, 11) is -3.42. The molecule has 1 N–H and O–H groups in total. The molecule has 3 aromatic carbocycles. The van der Waals surface area contributed by atoms with E-state index in [1.54, 1.807) is 0 Å². The third kappa shape index (κ3) is 4.36. The molecule has 4 rings (SSSR count). The quantitative estimate of drug-likeness (QED) is 0.481. The number of hydrogen-bond acceptors (Lipinski definition) is 5. The maximum Gasteiger partial charge on any atom is 0.338 e. The first-order valence-corrected chi connectivity index (χ1v) is 11.3. The number of carbonyl (C=O) groups is 1. The molecule has 0 saturated heterocycles. The molecule has 0 aliphatic carbocycles. The Morgan fingerprint density at radius 2 is 1.79 bits per heavy atom. The van der Waals surface area contributed by atoms with Gasteiger partial charge in [0, 0.05) is 18.1 Å². The molecule has 0 saturated carbocycles. The van der Waals surface area contributed by atoms with E-state index in [9.17, 15) is 26.4 Å². The summed E-state index contributed by atoms with van der Waals surface area (Å²) in [5.74, 6) is -4.10. The fourth-order valence-corrected chi connectivity index (χ4v) is 5.10. The minimum absolute atomic E-state index is 0.0557. The molecular weight excluding hydrogens is 483 g/mol. The molecular formula is C22H15ClF3NO5S. The van der Waals surface area contributed by atoms with E-state index in [0.717, 1.165) is 24.3 Å². The van der Waals surface area contributed by atoms with Crippen molar-refractivity contribution in [3.8, 4) is 16.9 Å². The second-order valence-corrected chi connectivity index (χ2v) is 9.15. The highest BCUT2D eigenvalue weighted by Crippen LogP contribution is 2.37. The van der Waals surface area contributed by atoms with Gasteiger partial charge in [0.1, 0.15) is 22.3 Å². The number of sulfonamides is 1. The summed E-state index contributed by atoms with van der Waals surface area (Å²) in [6, 6.07) is 7.12. The van der Waals surface area contributed by atoms with Crippen molar-refractivity contribution in [2.75, 3.05) is 18.4 Å². The molecule has 1 aliphatic heterocycles. The predicted octanol–water partition coefficient (Wildman–Crippen LogP) is 4.95. The molecule has 0 atom stereocenters. The van der Waals surface area contributed by atoms with Gasteiger partial charge in [0.2, 0.25) is 0 Å². The highest BCUT2D eigenvalue weighted by atomic mass is 35.5. The molecule has 1 aliphatic rings. The van der Waals surface area contributed by atoms with E-state index in [4.69, 9.17) is 21.1 Å². The smallest absolute Gasteiger partial charge is 0.338 e. The average molecular weight is 498 g/mol. The summed E-state index contributed by atoms with van der Waals surface area (Å²) in [5.41, 5.74) is -0.567. The number of carbonyl (C=O) groups excluding carboxylic acids is 1. The van der Waals surface area contributed by atoms with Gasteiger partial charge in [0.15, 0.2) is 5.75 Å². The fraction of sp³-hybridized carbons (Fsp3) is 0.136. The number of ether oxygens (including phenoxy) is 2. The van der Waals surface area contributed by atoms with E-state index in [1.165, 1.54) is 19.2 Å². The standard InChI is InChI=1S/C22H15ClF3NO5S/c1-31-21-16(23)6-12-7-20(21)33(29,30)27-19-9-15(17(25)10-18(19)26)14-8-13(24)3-2-11(14)4-5-32-22(12)28/h2-3,6-10,27H,4-5H2,1H3. The Kier molecular flexibility index (Phi) is 5.98. The highest BCUT2D eigenvalue weighted by molar-refractivity contribution is 7.92. The number of methoxy groups -OCH3 is 1. The SMILES string of the molecule is COc1c(Cl)cc2cc1S(=O)(=O)Nc1cc(c(F)cc1F)-c1cc(F)ccc1CCOC2=O. The maximum atomic E-state index is 14.7. The van der Waals surface area contributed by atoms with Gasteiger partial charge < -0.3 is 9.47 Å². The lowest BCUT2D eigenvalue weighted by molar-refractivity contribution is 0.0509. The van der Waals surface area contributed by atoms with Crippen molar-refractivity contribution < 1.29 is 35.9 Å². The van der Waals surface area contributed by atoms with Crippen LogP contribution >= 0.6 is 11.6 Å². The lowest BCUT2D eigenvalue weighted by Gasteiger charge is -2.17. The maximum absolute atomic E-state index is 14.7. The van der Waals surface area contributed by atoms with Gasteiger partial charge in [-0.25, -0.2) is 26.4 Å². The van der Waals surface area contributed by atoms with Gasteiger partial charge >= 0.3 is 5.97 Å². The molecule has 0 radical (unpaired) electrons. The molecule has 33 heavy (non-hydrogen) atoms. The van der Waals surface area contributed by atoms with Crippen molar-refractivity contribution in [3.05, 3.63) is 76.1 Å². The van der Waals surface area contributed by atoms with Crippen molar-refractivity contribution in [2.24, 2.45) is 0 Å². The Bertz CT molecular complexity index is 1400. The van der Waals surface area contributed by atoms with Gasteiger partial charge in [-0.2, -0.15) is 0 Å². The van der Waals surface area contributed by atoms with Crippen molar-refractivity contribution >= 4 is 33.3 Å². The van der Waals surface area contributed by atoms with Crippen LogP contribution in [0.1, 0.15) is 15.9 Å². The number of rotatable bonds is 1. The Hall–Kier alpha value is -3.24. The predicted molar refractivity (Wildman–Crippen MR) is 115 cm³/mol. The molecule has 4 bridgehead atoms. The minimum atomic E-state index is -4.58. The number of halogens is 4. The number of nitrogens with one attached hydrogen (secondary N) is 1. The zero-order valence-corrected chi connectivity index (χ0v) is 18.5. The van der Waals surface area contributed by atoms with Crippen LogP contribution in [0, 0.1) is 17.5 Å². The topological polar surface area (TPSA) is 81.7 Å². The van der Waals surface area contributed by atoms with Crippen LogP contribution in [0.15, 0.2) is 47.4 Å². The van der Waals surface area contributed by atoms with Gasteiger partial charge in [-0.3, -0.25) is 4.72 Å². The Balaban J connectivity index is 1.99. The molecule has 1 heterocycles. The van der Waals surface area contributed by atoms with Gasteiger partial charge in [0.25, 0.3) is 10.0 Å². The first-order valence-electron chi connectivity index (χ1n) is 9.46. The average Bonchev–Trinajstić information content (AvgIpc) is 2.75. The third-order valence-corrected chi connectivity index (χ3v) is 6.66. The second kappa shape index (κ2) is 8.60. The summed E-state index contributed by atoms with van der Waals surface area (Å²) in [6.45, 7) is -0.183. The van der Waals surface area contributed by atoms with E-state index >= 15 is 0 Å². The van der Waals surface area contributed by atoms with Crippen molar-refractivity contribution in [1.29, 1.82) is 0 Å². The molecule has 0 amide bonds. The molecule has 3 aromatic rings. The fourth-order valence-electron chi connectivity index (χ4n) is 3.47. The summed E-state index contributed by atoms with van der Waals surface area (Å²) in [4.78, 5) is 12.0. The molecule has 0 aromatic heterocycles. The van der Waals surface area contributed by atoms with Crippen LogP contribution in [0.4, 0.5) is 18.9 Å². The van der Waals surface area contributed by atoms with E-state index in [2.05, 4.69) is 0 Å². The Labute approximate surface area is 191 Å². The zero-order chi connectivity index (χ0) is 23.9. The van der Waals surface area contributed by atoms with E-state index in [0.29, 0.717) is 11.6 Å². The van der Waals surface area contributed by atoms with Crippen LogP contribution in [0.3, 0.4) is 0 Å². The van der Waals surface area contributed by atoms with E-state index in [1.807, 2.05) is 4.72 Å². The van der Waals surface area contributed by atoms with Crippen molar-refractivity contribution in [1.82, 2.24) is 0 Å². The monoisotopic (exact) mass is 497 g/mol. The number of hydrogen-bond donors (Lipinski definition) is 1. The zero-order valence-electron chi connectivity index (χ0n) is 16.9. The van der Waals surface area contributed by atoms with Gasteiger partial charge in [-0.05, 0) is 41.5 Å². The number of cyclic esters (lactones) is 1. The summed E-state index contributed by atoms with van der Waals surface area (Å²) in [6.07, 6.45) is 0.0793. The van der Waals surface area contributed by atoms with Gasteiger partial charge in [-0.1, -0.05) is 17.7 Å². The first-order chi connectivity index (χ1) is 15.6. The number of benzene rings is 3. The molecule has 172 valence electrons. The number of esters is 1. The molecule has 0 spiro atoms. The van der Waals surface area contributed by atoms with Crippen LogP contribution in [-0.2, 0) is 21.2 Å². The van der Waals surface area contributed by atoms with E-state index in [-0.39, 0.29) is 40.5 Å². The van der Waals surface area contributed by atoms with E-state index < -0.39 is 44.0 Å². The Morgan fingerprint density at radius 3 is 2.52 bits per heavy atom. The van der Waals surface area contributed by atoms with Crippen LogP contribution < -0.4 is 9.46 Å². The summed E-state index contributed by atoms with van der Waals surface area (Å²) >= 11 is 6.11. The lowest BCUT2D eigenvalue weighted by atomic mass is 9.96. The molecule has 0 unspecified atom stereocenters. The van der Waals surface area contributed by atoms with Crippen LogP contribution in [0.2, 0.25) is 5.02 Å². The van der Waals surface area contributed by atoms with Crippen LogP contribution in [0.5, 0.6) is 5.75 Å². The van der Waals surface area contributed by atoms with Crippen LogP contribution in [-0.4, -0.2) is 28.1 Å². The van der Waals surface area contributed by atoms with Gasteiger partial charge in [0.05, 0.1) is 30.0 Å².